The maximum absolute atomic E-state index is 11.8. The first kappa shape index (κ1) is 13.8. The molecule has 1 heterocycles. The molecule has 1 fully saturated rings. The summed E-state index contributed by atoms with van der Waals surface area (Å²) in [6.07, 6.45) is -0.166. The van der Waals surface area contributed by atoms with E-state index in [0.29, 0.717) is 18.7 Å². The number of hydrogen-bond donors (Lipinski definition) is 4. The molecule has 1 amide bonds. The van der Waals surface area contributed by atoms with Gasteiger partial charge in [0, 0.05) is 12.2 Å². The molecule has 2 rings (SSSR count). The van der Waals surface area contributed by atoms with Crippen LogP contribution in [-0.2, 0) is 4.79 Å². The van der Waals surface area contributed by atoms with Gasteiger partial charge in [0.25, 0.3) is 0 Å². The van der Waals surface area contributed by atoms with Crippen molar-refractivity contribution in [3.8, 4) is 0 Å². The molecule has 2 unspecified atom stereocenters. The van der Waals surface area contributed by atoms with Crippen LogP contribution in [0.4, 0.5) is 5.69 Å². The minimum atomic E-state index is -1.12. The topological polar surface area (TPSA) is 98.7 Å². The quantitative estimate of drug-likeness (QED) is 0.655. The fraction of sp³-hybridized carbons (Fsp3) is 0.333. The van der Waals surface area contributed by atoms with Gasteiger partial charge in [0.1, 0.15) is 0 Å². The summed E-state index contributed by atoms with van der Waals surface area (Å²) in [5.74, 6) is -1.40. The first-order valence-corrected chi connectivity index (χ1v) is 6.10. The predicted molar refractivity (Wildman–Crippen MR) is 69.5 cm³/mol. The van der Waals surface area contributed by atoms with E-state index in [4.69, 9.17) is 16.7 Å². The van der Waals surface area contributed by atoms with Crippen molar-refractivity contribution in [2.45, 2.75) is 18.6 Å². The molecular weight excluding hydrogens is 272 g/mol. The molecular formula is C12H13ClN2O4. The molecule has 7 heteroatoms. The van der Waals surface area contributed by atoms with Crippen LogP contribution in [0.15, 0.2) is 18.2 Å². The van der Waals surface area contributed by atoms with Crippen molar-refractivity contribution >= 4 is 29.2 Å². The molecule has 0 aliphatic carbocycles. The summed E-state index contributed by atoms with van der Waals surface area (Å²) in [6.45, 7) is 0.386. The number of benzene rings is 1. The summed E-state index contributed by atoms with van der Waals surface area (Å²) in [6, 6.07) is 3.73. The normalized spacial score (nSPS) is 22.2. The molecule has 1 aliphatic heterocycles. The smallest absolute Gasteiger partial charge is 0.337 e. The molecule has 102 valence electrons. The molecule has 6 nitrogen and oxygen atoms in total. The Morgan fingerprint density at radius 3 is 2.68 bits per heavy atom. The zero-order chi connectivity index (χ0) is 14.0. The third kappa shape index (κ3) is 3.23. The number of carboxylic acid groups (broad SMARTS) is 1. The molecule has 1 aromatic rings. The second-order valence-corrected chi connectivity index (χ2v) is 4.75. The lowest BCUT2D eigenvalue weighted by Gasteiger charge is -2.11. The van der Waals surface area contributed by atoms with Crippen LogP contribution in [0.2, 0.25) is 5.02 Å². The maximum Gasteiger partial charge on any atom is 0.337 e. The third-order valence-corrected chi connectivity index (χ3v) is 3.20. The summed E-state index contributed by atoms with van der Waals surface area (Å²) < 4.78 is 0. The number of carbonyl (C=O) groups excluding carboxylic acids is 1. The van der Waals surface area contributed by atoms with E-state index in [1.165, 1.54) is 18.2 Å². The molecule has 19 heavy (non-hydrogen) atoms. The zero-order valence-corrected chi connectivity index (χ0v) is 10.6. The average Bonchev–Trinajstić information content (AvgIpc) is 2.75. The van der Waals surface area contributed by atoms with E-state index in [2.05, 4.69) is 10.6 Å². The number of carbonyl (C=O) groups is 2. The fourth-order valence-electron chi connectivity index (χ4n) is 1.91. The van der Waals surface area contributed by atoms with Crippen molar-refractivity contribution in [3.05, 3.63) is 28.8 Å². The molecule has 1 aromatic carbocycles. The summed E-state index contributed by atoms with van der Waals surface area (Å²) in [4.78, 5) is 22.6. The van der Waals surface area contributed by atoms with Gasteiger partial charge in [0.05, 0.1) is 22.7 Å². The number of amides is 1. The lowest BCUT2D eigenvalue weighted by atomic mass is 10.1. The number of β-amino-alcohol motifs (C(OH)–C–C–N with tert-alkyl or cyclic N) is 1. The Kier molecular flexibility index (Phi) is 4.04. The van der Waals surface area contributed by atoms with Gasteiger partial charge in [-0.15, -0.1) is 0 Å². The highest BCUT2D eigenvalue weighted by atomic mass is 35.5. The van der Waals surface area contributed by atoms with Crippen molar-refractivity contribution in [1.29, 1.82) is 0 Å². The zero-order valence-electron chi connectivity index (χ0n) is 9.89. The van der Waals surface area contributed by atoms with E-state index in [-0.39, 0.29) is 16.5 Å². The first-order chi connectivity index (χ1) is 8.97. The van der Waals surface area contributed by atoms with Crippen LogP contribution in [0.5, 0.6) is 0 Å². The van der Waals surface area contributed by atoms with Gasteiger partial charge in [-0.3, -0.25) is 4.79 Å². The van der Waals surface area contributed by atoms with Gasteiger partial charge < -0.3 is 20.8 Å². The van der Waals surface area contributed by atoms with Crippen molar-refractivity contribution in [2.24, 2.45) is 0 Å². The molecule has 0 aromatic heterocycles. The Bertz CT molecular complexity index is 520. The third-order valence-electron chi connectivity index (χ3n) is 2.89. The molecule has 0 spiro atoms. The number of aliphatic hydroxyl groups excluding tert-OH is 1. The Morgan fingerprint density at radius 2 is 2.16 bits per heavy atom. The molecule has 1 aliphatic rings. The number of anilines is 1. The van der Waals surface area contributed by atoms with Crippen molar-refractivity contribution in [2.75, 3.05) is 11.9 Å². The highest BCUT2D eigenvalue weighted by molar-refractivity contribution is 6.33. The van der Waals surface area contributed by atoms with E-state index in [9.17, 15) is 14.7 Å². The summed E-state index contributed by atoms with van der Waals surface area (Å²) in [7, 11) is 0. The van der Waals surface area contributed by atoms with E-state index in [1.54, 1.807) is 0 Å². The van der Waals surface area contributed by atoms with E-state index < -0.39 is 18.1 Å². The highest BCUT2D eigenvalue weighted by Gasteiger charge is 2.28. The molecule has 0 radical (unpaired) electrons. The Labute approximate surface area is 114 Å². The van der Waals surface area contributed by atoms with Gasteiger partial charge in [-0.1, -0.05) is 11.6 Å². The number of carboxylic acids is 1. The Hall–Kier alpha value is -1.63. The minimum Gasteiger partial charge on any atom is -0.478 e. The Morgan fingerprint density at radius 1 is 1.42 bits per heavy atom. The monoisotopic (exact) mass is 284 g/mol. The number of rotatable bonds is 3. The molecule has 0 bridgehead atoms. The second-order valence-electron chi connectivity index (χ2n) is 4.34. The van der Waals surface area contributed by atoms with Gasteiger partial charge in [-0.25, -0.2) is 4.79 Å². The van der Waals surface area contributed by atoms with Gasteiger partial charge in [0.2, 0.25) is 5.91 Å². The van der Waals surface area contributed by atoms with Crippen molar-refractivity contribution < 1.29 is 19.8 Å². The van der Waals surface area contributed by atoms with Crippen LogP contribution in [0.3, 0.4) is 0 Å². The standard InChI is InChI=1S/C12H13ClN2O4/c13-9-3-6(1-2-8(9)12(18)19)15-11(17)10-4-7(16)5-14-10/h1-3,7,10,14,16H,4-5H2,(H,15,17)(H,18,19). The Balaban J connectivity index is 2.05. The number of aliphatic hydroxyl groups is 1. The molecule has 1 saturated heterocycles. The number of aromatic carboxylic acids is 1. The lowest BCUT2D eigenvalue weighted by molar-refractivity contribution is -0.117. The van der Waals surface area contributed by atoms with Crippen LogP contribution < -0.4 is 10.6 Å². The number of hydrogen-bond acceptors (Lipinski definition) is 4. The van der Waals surface area contributed by atoms with E-state index in [0.717, 1.165) is 0 Å². The average molecular weight is 285 g/mol. The van der Waals surface area contributed by atoms with Crippen LogP contribution >= 0.6 is 11.6 Å². The lowest BCUT2D eigenvalue weighted by Crippen LogP contribution is -2.35. The van der Waals surface area contributed by atoms with Crippen LogP contribution in [-0.4, -0.2) is 40.8 Å². The minimum absolute atomic E-state index is 0.0194. The van der Waals surface area contributed by atoms with Crippen molar-refractivity contribution in [1.82, 2.24) is 5.32 Å². The van der Waals surface area contributed by atoms with Crippen LogP contribution in [0.25, 0.3) is 0 Å². The SMILES string of the molecule is O=C(O)c1ccc(NC(=O)C2CC(O)CN2)cc1Cl. The fourth-order valence-corrected chi connectivity index (χ4v) is 2.17. The van der Waals surface area contributed by atoms with Gasteiger partial charge >= 0.3 is 5.97 Å². The predicted octanol–water partition coefficient (Wildman–Crippen LogP) is 0.699. The molecule has 4 N–H and O–H groups in total. The first-order valence-electron chi connectivity index (χ1n) is 5.72. The largest absolute Gasteiger partial charge is 0.478 e. The second kappa shape index (κ2) is 5.56. The number of halogens is 1. The maximum atomic E-state index is 11.8. The van der Waals surface area contributed by atoms with Crippen LogP contribution in [0, 0.1) is 0 Å². The molecule has 0 saturated carbocycles. The summed E-state index contributed by atoms with van der Waals surface area (Å²) in [5, 5.41) is 23.7. The van der Waals surface area contributed by atoms with Crippen LogP contribution in [0.1, 0.15) is 16.8 Å². The summed E-state index contributed by atoms with van der Waals surface area (Å²) >= 11 is 5.80. The molecule has 2 atom stereocenters. The summed E-state index contributed by atoms with van der Waals surface area (Å²) in [5.41, 5.74) is 0.400. The van der Waals surface area contributed by atoms with E-state index >= 15 is 0 Å². The van der Waals surface area contributed by atoms with Crippen molar-refractivity contribution in [3.63, 3.8) is 0 Å². The van der Waals surface area contributed by atoms with E-state index in [1.807, 2.05) is 0 Å². The van der Waals surface area contributed by atoms with Gasteiger partial charge in [-0.05, 0) is 24.6 Å². The number of nitrogens with one attached hydrogen (secondary N) is 2. The van der Waals surface area contributed by atoms with Gasteiger partial charge in [0.15, 0.2) is 0 Å². The van der Waals surface area contributed by atoms with Gasteiger partial charge in [-0.2, -0.15) is 0 Å². The highest BCUT2D eigenvalue weighted by Crippen LogP contribution is 2.21.